The highest BCUT2D eigenvalue weighted by atomic mass is 16.5. The molecule has 7 nitrogen and oxygen atoms in total. The second-order valence-corrected chi connectivity index (χ2v) is 7.71. The zero-order valence-corrected chi connectivity index (χ0v) is 17.6. The van der Waals surface area contributed by atoms with Crippen molar-refractivity contribution >= 4 is 11.6 Å². The fourth-order valence-corrected chi connectivity index (χ4v) is 3.63. The molecule has 0 N–H and O–H groups in total. The van der Waals surface area contributed by atoms with Crippen LogP contribution >= 0.6 is 0 Å². The molecule has 0 saturated carbocycles. The molecule has 0 spiro atoms. The van der Waals surface area contributed by atoms with E-state index in [2.05, 4.69) is 36.1 Å². The molecule has 2 aromatic carbocycles. The Hall–Kier alpha value is -3.35. The Balaban J connectivity index is 1.56. The third kappa shape index (κ3) is 3.87. The van der Waals surface area contributed by atoms with Gasteiger partial charge in [0, 0.05) is 36.2 Å². The zero-order chi connectivity index (χ0) is 21.3. The molecule has 7 heteroatoms. The van der Waals surface area contributed by atoms with Crippen LogP contribution in [-0.2, 0) is 4.79 Å². The molecule has 1 aliphatic heterocycles. The van der Waals surface area contributed by atoms with E-state index in [-0.39, 0.29) is 11.8 Å². The summed E-state index contributed by atoms with van der Waals surface area (Å²) in [4.78, 5) is 19.1. The van der Waals surface area contributed by atoms with E-state index in [4.69, 9.17) is 14.0 Å². The third-order valence-electron chi connectivity index (χ3n) is 5.38. The molecule has 1 atom stereocenters. The number of nitrogens with zero attached hydrogens (tertiary/aromatic N) is 3. The molecule has 1 aliphatic rings. The molecule has 1 saturated heterocycles. The minimum atomic E-state index is -0.120. The topological polar surface area (TPSA) is 77.7 Å². The van der Waals surface area contributed by atoms with Crippen molar-refractivity contribution in [3.05, 3.63) is 53.9 Å². The van der Waals surface area contributed by atoms with Crippen LogP contribution in [0.25, 0.3) is 11.5 Å². The normalized spacial score (nSPS) is 16.4. The molecule has 4 rings (SSSR count). The molecule has 1 amide bonds. The lowest BCUT2D eigenvalue weighted by molar-refractivity contribution is -0.117. The summed E-state index contributed by atoms with van der Waals surface area (Å²) in [5.41, 5.74) is 2.82. The number of rotatable bonds is 6. The third-order valence-corrected chi connectivity index (χ3v) is 5.38. The van der Waals surface area contributed by atoms with Crippen molar-refractivity contribution in [1.82, 2.24) is 10.1 Å². The summed E-state index contributed by atoms with van der Waals surface area (Å²) >= 11 is 0. The average molecular weight is 407 g/mol. The number of benzene rings is 2. The average Bonchev–Trinajstić information content (AvgIpc) is 3.40. The fourth-order valence-electron chi connectivity index (χ4n) is 3.63. The Labute approximate surface area is 175 Å². The van der Waals surface area contributed by atoms with Gasteiger partial charge in [0.2, 0.25) is 5.91 Å². The van der Waals surface area contributed by atoms with Crippen molar-refractivity contribution < 1.29 is 18.8 Å². The molecule has 30 heavy (non-hydrogen) atoms. The predicted molar refractivity (Wildman–Crippen MR) is 113 cm³/mol. The van der Waals surface area contributed by atoms with E-state index in [1.54, 1.807) is 25.2 Å². The van der Waals surface area contributed by atoms with Crippen LogP contribution in [0.1, 0.15) is 43.5 Å². The van der Waals surface area contributed by atoms with E-state index in [0.717, 1.165) is 5.69 Å². The van der Waals surface area contributed by atoms with Gasteiger partial charge in [0.15, 0.2) is 5.82 Å². The Bertz CT molecular complexity index is 1040. The van der Waals surface area contributed by atoms with E-state index in [9.17, 15) is 4.79 Å². The largest absolute Gasteiger partial charge is 0.497 e. The lowest BCUT2D eigenvalue weighted by Crippen LogP contribution is -2.24. The maximum Gasteiger partial charge on any atom is 0.258 e. The first-order chi connectivity index (χ1) is 14.5. The van der Waals surface area contributed by atoms with Crippen molar-refractivity contribution in [2.45, 2.75) is 32.1 Å². The van der Waals surface area contributed by atoms with Crippen molar-refractivity contribution in [1.29, 1.82) is 0 Å². The van der Waals surface area contributed by atoms with Crippen molar-refractivity contribution in [3.8, 4) is 23.0 Å². The van der Waals surface area contributed by atoms with Gasteiger partial charge in [-0.15, -0.1) is 0 Å². The van der Waals surface area contributed by atoms with Crippen molar-refractivity contribution in [2.24, 2.45) is 0 Å². The molecular weight excluding hydrogens is 382 g/mol. The van der Waals surface area contributed by atoms with E-state index in [1.807, 2.05) is 24.3 Å². The first-order valence-corrected chi connectivity index (χ1v) is 9.96. The standard InChI is InChI=1S/C23H25N3O4/c1-14(2)15-6-5-7-18(8-15)26-13-17(11-21(26)27)22-24-23(30-25-22)16-9-19(28-3)12-20(10-16)29-4/h5-10,12,14,17H,11,13H2,1-4H3. The number of aromatic nitrogens is 2. The zero-order valence-electron chi connectivity index (χ0n) is 17.6. The Kier molecular flexibility index (Phi) is 5.44. The van der Waals surface area contributed by atoms with E-state index in [0.29, 0.717) is 47.7 Å². The van der Waals surface area contributed by atoms with Gasteiger partial charge < -0.3 is 18.9 Å². The van der Waals surface area contributed by atoms with Crippen LogP contribution < -0.4 is 14.4 Å². The summed E-state index contributed by atoms with van der Waals surface area (Å²) < 4.78 is 16.1. The van der Waals surface area contributed by atoms with Gasteiger partial charge in [-0.3, -0.25) is 4.79 Å². The lowest BCUT2D eigenvalue weighted by atomic mass is 10.0. The number of ether oxygens (including phenoxy) is 2. The number of methoxy groups -OCH3 is 2. The molecule has 1 fully saturated rings. The van der Waals surface area contributed by atoms with E-state index in [1.165, 1.54) is 5.56 Å². The number of amides is 1. The highest BCUT2D eigenvalue weighted by molar-refractivity contribution is 5.96. The number of carbonyl (C=O) groups excluding carboxylic acids is 1. The number of hydrogen-bond donors (Lipinski definition) is 0. The SMILES string of the molecule is COc1cc(OC)cc(-c2nc(C3CC(=O)N(c4cccc(C(C)C)c4)C3)no2)c1. The van der Waals surface area contributed by atoms with Crippen LogP contribution in [0.15, 0.2) is 47.0 Å². The van der Waals surface area contributed by atoms with Gasteiger partial charge in [0.05, 0.1) is 14.2 Å². The molecule has 1 aromatic heterocycles. The summed E-state index contributed by atoms with van der Waals surface area (Å²) in [7, 11) is 3.18. The molecule has 2 heterocycles. The minimum Gasteiger partial charge on any atom is -0.497 e. The van der Waals surface area contributed by atoms with Crippen LogP contribution in [0.3, 0.4) is 0 Å². The molecule has 0 radical (unpaired) electrons. The van der Waals surface area contributed by atoms with Gasteiger partial charge in [-0.2, -0.15) is 4.98 Å². The quantitative estimate of drug-likeness (QED) is 0.603. The lowest BCUT2D eigenvalue weighted by Gasteiger charge is -2.18. The van der Waals surface area contributed by atoms with Gasteiger partial charge in [0.1, 0.15) is 11.5 Å². The summed E-state index contributed by atoms with van der Waals surface area (Å²) in [6.45, 7) is 4.81. The van der Waals surface area contributed by atoms with Crippen LogP contribution in [0, 0.1) is 0 Å². The van der Waals surface area contributed by atoms with Gasteiger partial charge in [-0.1, -0.05) is 31.1 Å². The van der Waals surface area contributed by atoms with Crippen LogP contribution in [0.4, 0.5) is 5.69 Å². The molecule has 0 aliphatic carbocycles. The van der Waals surface area contributed by atoms with Crippen LogP contribution in [-0.4, -0.2) is 36.8 Å². The summed E-state index contributed by atoms with van der Waals surface area (Å²) in [5, 5.41) is 4.15. The Morgan fingerprint density at radius 1 is 1.10 bits per heavy atom. The molecule has 0 bridgehead atoms. The van der Waals surface area contributed by atoms with E-state index >= 15 is 0 Å². The van der Waals surface area contributed by atoms with E-state index < -0.39 is 0 Å². The summed E-state index contributed by atoms with van der Waals surface area (Å²) in [6, 6.07) is 13.5. The second kappa shape index (κ2) is 8.18. The molecular formula is C23H25N3O4. The molecule has 1 unspecified atom stereocenters. The highest BCUT2D eigenvalue weighted by Gasteiger charge is 2.34. The Morgan fingerprint density at radius 2 is 1.83 bits per heavy atom. The number of anilines is 1. The maximum absolute atomic E-state index is 12.7. The maximum atomic E-state index is 12.7. The van der Waals surface area contributed by atoms with Gasteiger partial charge >= 0.3 is 0 Å². The van der Waals surface area contributed by atoms with Crippen molar-refractivity contribution in [3.63, 3.8) is 0 Å². The number of carbonyl (C=O) groups is 1. The van der Waals surface area contributed by atoms with Gasteiger partial charge in [-0.05, 0) is 35.7 Å². The molecule has 156 valence electrons. The summed E-state index contributed by atoms with van der Waals surface area (Å²) in [6.07, 6.45) is 0.353. The highest BCUT2D eigenvalue weighted by Crippen LogP contribution is 2.34. The molecule has 3 aromatic rings. The van der Waals surface area contributed by atoms with Gasteiger partial charge in [-0.25, -0.2) is 0 Å². The Morgan fingerprint density at radius 3 is 2.50 bits per heavy atom. The van der Waals surface area contributed by atoms with Crippen LogP contribution in [0.5, 0.6) is 11.5 Å². The van der Waals surface area contributed by atoms with Crippen molar-refractivity contribution in [2.75, 3.05) is 25.7 Å². The second-order valence-electron chi connectivity index (χ2n) is 7.71. The fraction of sp³-hybridized carbons (Fsp3) is 0.348. The first kappa shape index (κ1) is 19.9. The monoisotopic (exact) mass is 407 g/mol. The number of hydrogen-bond acceptors (Lipinski definition) is 6. The first-order valence-electron chi connectivity index (χ1n) is 9.96. The van der Waals surface area contributed by atoms with Gasteiger partial charge in [0.25, 0.3) is 5.89 Å². The predicted octanol–water partition coefficient (Wildman–Crippen LogP) is 4.40. The van der Waals surface area contributed by atoms with Crippen LogP contribution in [0.2, 0.25) is 0 Å². The smallest absolute Gasteiger partial charge is 0.258 e. The minimum absolute atomic E-state index is 0.0651. The summed E-state index contributed by atoms with van der Waals surface area (Å²) in [5.74, 6) is 2.52.